The van der Waals surface area contributed by atoms with Crippen LogP contribution in [0.1, 0.15) is 28.5 Å². The Hall–Kier alpha value is -4.24. The first-order valence-corrected chi connectivity index (χ1v) is 12.1. The summed E-state index contributed by atoms with van der Waals surface area (Å²) in [5, 5.41) is 4.88. The smallest absolute Gasteiger partial charge is 0.283 e. The molecule has 2 N–H and O–H groups in total. The highest BCUT2D eigenvalue weighted by atomic mass is 32.1. The van der Waals surface area contributed by atoms with E-state index in [0.29, 0.717) is 29.2 Å². The summed E-state index contributed by atoms with van der Waals surface area (Å²) in [6.45, 7) is 3.44. The third-order valence-electron chi connectivity index (χ3n) is 6.47. The van der Waals surface area contributed by atoms with Crippen molar-refractivity contribution in [2.24, 2.45) is 0 Å². The van der Waals surface area contributed by atoms with Crippen LogP contribution in [0.4, 0.5) is 0 Å². The van der Waals surface area contributed by atoms with E-state index in [1.807, 2.05) is 54.7 Å². The molecular formula is C26H21N5O3S. The first-order valence-electron chi connectivity index (χ1n) is 11.2. The SMILES string of the molecule is CC(=O)c1c(=O)n(CCc2c[nH]c3ccccc23)c(C)c2c(=O)n(-c3nc4ccccc4s3)[nH]c12. The van der Waals surface area contributed by atoms with E-state index in [1.54, 1.807) is 11.5 Å². The molecule has 4 aromatic heterocycles. The van der Waals surface area contributed by atoms with Crippen LogP contribution in [-0.2, 0) is 13.0 Å². The number of carbonyl (C=O) groups excluding carboxylic acids is 1. The minimum Gasteiger partial charge on any atom is -0.361 e. The van der Waals surface area contributed by atoms with Gasteiger partial charge in [-0.2, -0.15) is 4.68 Å². The van der Waals surface area contributed by atoms with Crippen molar-refractivity contribution in [1.29, 1.82) is 0 Å². The van der Waals surface area contributed by atoms with E-state index in [-0.39, 0.29) is 16.6 Å². The number of pyridine rings is 1. The Balaban J connectivity index is 1.52. The van der Waals surface area contributed by atoms with E-state index in [2.05, 4.69) is 15.1 Å². The Kier molecular flexibility index (Phi) is 4.82. The van der Waals surface area contributed by atoms with Gasteiger partial charge < -0.3 is 9.55 Å². The molecule has 0 bridgehead atoms. The van der Waals surface area contributed by atoms with Crippen LogP contribution < -0.4 is 11.1 Å². The van der Waals surface area contributed by atoms with Crippen LogP contribution in [-0.4, -0.2) is 30.1 Å². The van der Waals surface area contributed by atoms with Gasteiger partial charge in [0.25, 0.3) is 11.1 Å². The van der Waals surface area contributed by atoms with Crippen molar-refractivity contribution in [2.45, 2.75) is 26.8 Å². The zero-order valence-corrected chi connectivity index (χ0v) is 19.9. The number of nitrogens with one attached hydrogen (secondary N) is 2. The summed E-state index contributed by atoms with van der Waals surface area (Å²) in [7, 11) is 0. The average molecular weight is 484 g/mol. The van der Waals surface area contributed by atoms with Gasteiger partial charge in [0.1, 0.15) is 5.56 Å². The number of rotatable bonds is 5. The molecule has 6 rings (SSSR count). The largest absolute Gasteiger partial charge is 0.361 e. The predicted octanol–water partition coefficient (Wildman–Crippen LogP) is 4.33. The molecule has 4 heterocycles. The maximum Gasteiger partial charge on any atom is 0.283 e. The Morgan fingerprint density at radius 3 is 2.63 bits per heavy atom. The van der Waals surface area contributed by atoms with Crippen LogP contribution in [0.25, 0.3) is 37.2 Å². The topological polar surface area (TPSA) is 106 Å². The minimum atomic E-state index is -0.403. The fourth-order valence-corrected chi connectivity index (χ4v) is 5.67. The van der Waals surface area contributed by atoms with Crippen molar-refractivity contribution in [3.8, 4) is 5.13 Å². The van der Waals surface area contributed by atoms with Crippen LogP contribution in [0.3, 0.4) is 0 Å². The molecule has 0 atom stereocenters. The van der Waals surface area contributed by atoms with Crippen molar-refractivity contribution >= 4 is 49.1 Å². The molecule has 0 amide bonds. The molecule has 0 aliphatic carbocycles. The molecule has 0 aliphatic heterocycles. The standard InChI is InChI=1S/C26H21N5O3S/c1-14-21-23(29-31(25(21)34)26-28-19-9-5-6-10-20(19)35-26)22(15(2)32)24(33)30(14)12-11-16-13-27-18-8-4-3-7-17(16)18/h3-10,13,27,29H,11-12H2,1-2H3. The number of thiazole rings is 1. The van der Waals surface area contributed by atoms with Crippen LogP contribution >= 0.6 is 11.3 Å². The fraction of sp³-hybridized carbons (Fsp3) is 0.154. The van der Waals surface area contributed by atoms with Gasteiger partial charge in [0.05, 0.1) is 21.1 Å². The Morgan fingerprint density at radius 1 is 1.06 bits per heavy atom. The molecule has 174 valence electrons. The number of para-hydroxylation sites is 2. The van der Waals surface area contributed by atoms with E-state index in [9.17, 15) is 14.4 Å². The molecule has 9 heteroatoms. The second kappa shape index (κ2) is 7.92. The highest BCUT2D eigenvalue weighted by molar-refractivity contribution is 7.20. The molecule has 0 aliphatic rings. The number of nitrogens with zero attached hydrogens (tertiary/aromatic N) is 3. The quantitative estimate of drug-likeness (QED) is 0.356. The molecule has 0 radical (unpaired) electrons. The molecule has 0 saturated carbocycles. The van der Waals surface area contributed by atoms with Crippen LogP contribution in [0.5, 0.6) is 0 Å². The summed E-state index contributed by atoms with van der Waals surface area (Å²) in [5.74, 6) is -0.390. The van der Waals surface area contributed by atoms with Gasteiger partial charge >= 0.3 is 0 Å². The molecular weight excluding hydrogens is 462 g/mol. The third-order valence-corrected chi connectivity index (χ3v) is 7.49. The van der Waals surface area contributed by atoms with E-state index in [0.717, 1.165) is 26.7 Å². The highest BCUT2D eigenvalue weighted by Crippen LogP contribution is 2.25. The minimum absolute atomic E-state index is 0.0125. The van der Waals surface area contributed by atoms with Crippen molar-refractivity contribution in [3.63, 3.8) is 0 Å². The van der Waals surface area contributed by atoms with Gasteiger partial charge in [-0.1, -0.05) is 41.7 Å². The zero-order chi connectivity index (χ0) is 24.3. The summed E-state index contributed by atoms with van der Waals surface area (Å²) in [6, 6.07) is 15.6. The zero-order valence-electron chi connectivity index (χ0n) is 19.1. The second-order valence-corrected chi connectivity index (χ2v) is 9.56. The molecule has 0 spiro atoms. The van der Waals surface area contributed by atoms with Crippen molar-refractivity contribution in [2.75, 3.05) is 0 Å². The second-order valence-electron chi connectivity index (χ2n) is 8.55. The van der Waals surface area contributed by atoms with E-state index >= 15 is 0 Å². The normalized spacial score (nSPS) is 11.7. The molecule has 0 fully saturated rings. The maximum atomic E-state index is 13.5. The maximum absolute atomic E-state index is 13.5. The van der Waals surface area contributed by atoms with E-state index < -0.39 is 11.3 Å². The molecule has 0 saturated heterocycles. The first kappa shape index (κ1) is 21.3. The predicted molar refractivity (Wildman–Crippen MR) is 138 cm³/mol. The highest BCUT2D eigenvalue weighted by Gasteiger charge is 2.24. The van der Waals surface area contributed by atoms with Gasteiger partial charge in [-0.05, 0) is 44.0 Å². The van der Waals surface area contributed by atoms with Gasteiger partial charge in [-0.25, -0.2) is 4.98 Å². The van der Waals surface area contributed by atoms with E-state index in [4.69, 9.17) is 0 Å². The monoisotopic (exact) mass is 483 g/mol. The summed E-state index contributed by atoms with van der Waals surface area (Å²) in [4.78, 5) is 47.4. The van der Waals surface area contributed by atoms with Gasteiger partial charge in [0, 0.05) is 29.3 Å². The van der Waals surface area contributed by atoms with Gasteiger partial charge in [-0.3, -0.25) is 19.5 Å². The number of Topliss-reactive ketones (excluding diaryl/α,β-unsaturated/α-hetero) is 1. The van der Waals surface area contributed by atoms with Crippen molar-refractivity contribution in [3.05, 3.63) is 92.3 Å². The summed E-state index contributed by atoms with van der Waals surface area (Å²) >= 11 is 1.37. The number of ketones is 1. The number of benzene rings is 2. The number of H-pyrrole nitrogens is 2. The van der Waals surface area contributed by atoms with Crippen LogP contribution in [0.15, 0.2) is 64.3 Å². The first-order chi connectivity index (χ1) is 16.9. The fourth-order valence-electron chi connectivity index (χ4n) is 4.74. The Labute approximate surface area is 202 Å². The lowest BCUT2D eigenvalue weighted by molar-refractivity contribution is 0.101. The molecule has 35 heavy (non-hydrogen) atoms. The van der Waals surface area contributed by atoms with Crippen LogP contribution in [0, 0.1) is 6.92 Å². The van der Waals surface area contributed by atoms with Gasteiger partial charge in [0.15, 0.2) is 5.78 Å². The number of hydrogen-bond acceptors (Lipinski definition) is 5. The van der Waals surface area contributed by atoms with Crippen molar-refractivity contribution in [1.82, 2.24) is 24.3 Å². The molecule has 8 nitrogen and oxygen atoms in total. The summed E-state index contributed by atoms with van der Waals surface area (Å²) in [6.07, 6.45) is 2.51. The van der Waals surface area contributed by atoms with Crippen molar-refractivity contribution < 1.29 is 4.79 Å². The van der Waals surface area contributed by atoms with Gasteiger partial charge in [0.2, 0.25) is 5.13 Å². The lowest BCUT2D eigenvalue weighted by atomic mass is 10.1. The van der Waals surface area contributed by atoms with E-state index in [1.165, 1.54) is 22.9 Å². The number of carbonyl (C=O) groups is 1. The lowest BCUT2D eigenvalue weighted by Gasteiger charge is -2.12. The average Bonchev–Trinajstić information content (AvgIpc) is 3.54. The number of aromatic nitrogens is 5. The molecule has 2 aromatic carbocycles. The third kappa shape index (κ3) is 3.27. The number of hydrogen-bond donors (Lipinski definition) is 2. The lowest BCUT2D eigenvalue weighted by Crippen LogP contribution is -2.29. The van der Waals surface area contributed by atoms with Gasteiger partial charge in [-0.15, -0.1) is 0 Å². The number of aryl methyl sites for hydroxylation is 2. The Morgan fingerprint density at radius 2 is 1.83 bits per heavy atom. The van der Waals surface area contributed by atoms with Crippen LogP contribution in [0.2, 0.25) is 0 Å². The number of fused-ring (bicyclic) bond motifs is 3. The number of aromatic amines is 2. The summed E-state index contributed by atoms with van der Waals surface area (Å²) in [5.41, 5.74) is 2.90. The molecule has 0 unspecified atom stereocenters. The summed E-state index contributed by atoms with van der Waals surface area (Å²) < 4.78 is 3.81. The Bertz CT molecular complexity index is 1870. The molecule has 6 aromatic rings.